The summed E-state index contributed by atoms with van der Waals surface area (Å²) in [5, 5.41) is 0.828. The molecule has 1 aliphatic rings. The molecular weight excluding hydrogens is 227 g/mol. The van der Waals surface area contributed by atoms with E-state index in [-0.39, 0.29) is 0 Å². The summed E-state index contributed by atoms with van der Waals surface area (Å²) >= 11 is 12.0. The Hall–Kier alpha value is -0.200. The maximum atomic E-state index is 6.03. The number of benzene rings is 1. The summed E-state index contributed by atoms with van der Waals surface area (Å²) < 4.78 is 0. The molecule has 82 valence electrons. The summed E-state index contributed by atoms with van der Waals surface area (Å²) in [5.74, 6) is 2.26. The van der Waals surface area contributed by atoms with Crippen LogP contribution >= 0.6 is 23.2 Å². The second-order valence-corrected chi connectivity index (χ2v) is 5.18. The number of rotatable bonds is 4. The minimum Gasteiger partial charge on any atom is -0.126 e. The lowest BCUT2D eigenvalue weighted by Crippen LogP contribution is -2.25. The third kappa shape index (κ3) is 2.89. The van der Waals surface area contributed by atoms with Crippen LogP contribution in [0.1, 0.15) is 24.8 Å². The van der Waals surface area contributed by atoms with Crippen LogP contribution in [0.5, 0.6) is 0 Å². The van der Waals surface area contributed by atoms with Crippen molar-refractivity contribution in [2.24, 2.45) is 11.8 Å². The molecule has 0 N–H and O–H groups in total. The molecule has 2 heteroatoms. The lowest BCUT2D eigenvalue weighted by molar-refractivity contribution is 0.222. The maximum Gasteiger partial charge on any atom is 0.0408 e. The standard InChI is InChI=1S/C13H16Cl2/c14-9-12(11-4-2-5-11)7-10-3-1-6-13(15)8-10/h1,3,6,8,11-12H,2,4-5,7,9H2. The van der Waals surface area contributed by atoms with Crippen molar-refractivity contribution in [3.8, 4) is 0 Å². The van der Waals surface area contributed by atoms with Crippen LogP contribution in [-0.4, -0.2) is 5.88 Å². The van der Waals surface area contributed by atoms with E-state index in [2.05, 4.69) is 12.1 Å². The zero-order chi connectivity index (χ0) is 10.7. The lowest BCUT2D eigenvalue weighted by atomic mass is 9.74. The molecule has 0 aliphatic heterocycles. The van der Waals surface area contributed by atoms with Crippen molar-refractivity contribution in [1.82, 2.24) is 0 Å². The first kappa shape index (κ1) is 11.3. The van der Waals surface area contributed by atoms with Crippen LogP contribution in [0.4, 0.5) is 0 Å². The van der Waals surface area contributed by atoms with Crippen molar-refractivity contribution in [3.05, 3.63) is 34.9 Å². The van der Waals surface area contributed by atoms with Gasteiger partial charge in [-0.2, -0.15) is 0 Å². The number of alkyl halides is 1. The van der Waals surface area contributed by atoms with Crippen LogP contribution < -0.4 is 0 Å². The molecule has 0 aromatic heterocycles. The fourth-order valence-electron chi connectivity index (χ4n) is 2.23. The Balaban J connectivity index is 1.99. The Bertz CT molecular complexity index is 318. The molecule has 1 atom stereocenters. The average Bonchev–Trinajstić information content (AvgIpc) is 2.14. The minimum absolute atomic E-state index is 0.638. The molecule has 1 aromatic carbocycles. The van der Waals surface area contributed by atoms with Gasteiger partial charge in [-0.15, -0.1) is 11.6 Å². The van der Waals surface area contributed by atoms with Crippen molar-refractivity contribution in [2.75, 3.05) is 5.88 Å². The second-order valence-electron chi connectivity index (χ2n) is 4.44. The Kier molecular flexibility index (Phi) is 3.93. The highest BCUT2D eigenvalue weighted by molar-refractivity contribution is 6.30. The van der Waals surface area contributed by atoms with E-state index in [0.29, 0.717) is 5.92 Å². The van der Waals surface area contributed by atoms with Gasteiger partial charge in [-0.25, -0.2) is 0 Å². The first-order valence-electron chi connectivity index (χ1n) is 5.60. The van der Waals surface area contributed by atoms with E-state index in [1.165, 1.54) is 24.8 Å². The van der Waals surface area contributed by atoms with Gasteiger partial charge in [0.15, 0.2) is 0 Å². The zero-order valence-corrected chi connectivity index (χ0v) is 10.3. The predicted molar refractivity (Wildman–Crippen MR) is 66.7 cm³/mol. The summed E-state index contributed by atoms with van der Waals surface area (Å²) in [7, 11) is 0. The third-order valence-electron chi connectivity index (χ3n) is 3.40. The molecule has 2 rings (SSSR count). The van der Waals surface area contributed by atoms with Crippen molar-refractivity contribution in [3.63, 3.8) is 0 Å². The largest absolute Gasteiger partial charge is 0.126 e. The van der Waals surface area contributed by atoms with Crippen molar-refractivity contribution < 1.29 is 0 Å². The van der Waals surface area contributed by atoms with Gasteiger partial charge in [0, 0.05) is 10.9 Å². The van der Waals surface area contributed by atoms with Crippen molar-refractivity contribution in [1.29, 1.82) is 0 Å². The fourth-order valence-corrected chi connectivity index (χ4v) is 2.80. The highest BCUT2D eigenvalue weighted by Gasteiger charge is 2.26. The molecule has 0 amide bonds. The molecule has 0 radical (unpaired) electrons. The van der Waals surface area contributed by atoms with Crippen molar-refractivity contribution >= 4 is 23.2 Å². The Morgan fingerprint density at radius 1 is 1.33 bits per heavy atom. The summed E-state index contributed by atoms with van der Waals surface area (Å²) in [6.07, 6.45) is 5.18. The molecule has 0 bridgehead atoms. The van der Waals surface area contributed by atoms with Gasteiger partial charge in [0.25, 0.3) is 0 Å². The molecule has 0 spiro atoms. The highest BCUT2D eigenvalue weighted by Crippen LogP contribution is 2.36. The van der Waals surface area contributed by atoms with Crippen LogP contribution in [0, 0.1) is 11.8 Å². The van der Waals surface area contributed by atoms with Crippen LogP contribution in [-0.2, 0) is 6.42 Å². The molecular formula is C13H16Cl2. The van der Waals surface area contributed by atoms with E-state index < -0.39 is 0 Å². The maximum absolute atomic E-state index is 6.03. The molecule has 1 aliphatic carbocycles. The van der Waals surface area contributed by atoms with Gasteiger partial charge in [0.2, 0.25) is 0 Å². The van der Waals surface area contributed by atoms with E-state index in [4.69, 9.17) is 23.2 Å². The van der Waals surface area contributed by atoms with E-state index in [1.54, 1.807) is 0 Å². The fraction of sp³-hybridized carbons (Fsp3) is 0.538. The summed E-state index contributed by atoms with van der Waals surface area (Å²) in [6.45, 7) is 0. The Morgan fingerprint density at radius 2 is 2.13 bits per heavy atom. The molecule has 15 heavy (non-hydrogen) atoms. The molecule has 1 fully saturated rings. The van der Waals surface area contributed by atoms with E-state index in [1.807, 2.05) is 12.1 Å². The number of hydrogen-bond donors (Lipinski definition) is 0. The number of hydrogen-bond acceptors (Lipinski definition) is 0. The van der Waals surface area contributed by atoms with Gasteiger partial charge in [-0.05, 0) is 36.0 Å². The SMILES string of the molecule is ClCC(Cc1cccc(Cl)c1)C1CCC1. The second kappa shape index (κ2) is 5.23. The smallest absolute Gasteiger partial charge is 0.0408 e. The van der Waals surface area contributed by atoms with Gasteiger partial charge in [0.05, 0.1) is 0 Å². The first-order chi connectivity index (χ1) is 7.29. The molecule has 1 unspecified atom stereocenters. The highest BCUT2D eigenvalue weighted by atomic mass is 35.5. The zero-order valence-electron chi connectivity index (χ0n) is 8.76. The van der Waals surface area contributed by atoms with Gasteiger partial charge >= 0.3 is 0 Å². The van der Waals surface area contributed by atoms with Crippen molar-refractivity contribution in [2.45, 2.75) is 25.7 Å². The summed E-state index contributed by atoms with van der Waals surface area (Å²) in [6, 6.07) is 8.14. The quantitative estimate of drug-likeness (QED) is 0.681. The predicted octanol–water partition coefficient (Wildman–Crippen LogP) is 4.54. The third-order valence-corrected chi connectivity index (χ3v) is 4.03. The van der Waals surface area contributed by atoms with Gasteiger partial charge in [0.1, 0.15) is 0 Å². The molecule has 0 heterocycles. The Morgan fingerprint density at radius 3 is 2.67 bits per heavy atom. The van der Waals surface area contributed by atoms with E-state index in [9.17, 15) is 0 Å². The van der Waals surface area contributed by atoms with Crippen LogP contribution in [0.25, 0.3) is 0 Å². The topological polar surface area (TPSA) is 0 Å². The average molecular weight is 243 g/mol. The Labute approximate surface area is 102 Å². The molecule has 0 nitrogen and oxygen atoms in total. The minimum atomic E-state index is 0.638. The number of halogens is 2. The molecule has 1 aromatic rings. The first-order valence-corrected chi connectivity index (χ1v) is 6.51. The van der Waals surface area contributed by atoms with Gasteiger partial charge < -0.3 is 0 Å². The lowest BCUT2D eigenvalue weighted by Gasteiger charge is -2.32. The molecule has 1 saturated carbocycles. The van der Waals surface area contributed by atoms with Gasteiger partial charge in [-0.3, -0.25) is 0 Å². The molecule has 0 saturated heterocycles. The van der Waals surface area contributed by atoms with E-state index in [0.717, 1.165) is 23.2 Å². The van der Waals surface area contributed by atoms with Gasteiger partial charge in [-0.1, -0.05) is 43.0 Å². The normalized spacial score (nSPS) is 18.5. The summed E-state index contributed by atoms with van der Waals surface area (Å²) in [4.78, 5) is 0. The van der Waals surface area contributed by atoms with Crippen LogP contribution in [0.2, 0.25) is 5.02 Å². The van der Waals surface area contributed by atoms with E-state index >= 15 is 0 Å². The van der Waals surface area contributed by atoms with Crippen LogP contribution in [0.15, 0.2) is 24.3 Å². The van der Waals surface area contributed by atoms with Crippen LogP contribution in [0.3, 0.4) is 0 Å². The summed E-state index contributed by atoms with van der Waals surface area (Å²) in [5.41, 5.74) is 1.32. The monoisotopic (exact) mass is 242 g/mol.